The summed E-state index contributed by atoms with van der Waals surface area (Å²) in [4.78, 5) is 93.6. The molecule has 23 nitrogen and oxygen atoms in total. The minimum Gasteiger partial charge on any atom is -0.481 e. The van der Waals surface area contributed by atoms with Crippen LogP contribution in [0.15, 0.2) is 12.2 Å². The van der Waals surface area contributed by atoms with Crippen molar-refractivity contribution in [2.24, 2.45) is 11.5 Å². The number of hydrogen-bond donors (Lipinski definition) is 11. The first kappa shape index (κ1) is 52.1. The van der Waals surface area contributed by atoms with E-state index in [1.54, 1.807) is 6.92 Å². The second kappa shape index (κ2) is 31.5. The summed E-state index contributed by atoms with van der Waals surface area (Å²) in [7, 11) is 0. The van der Waals surface area contributed by atoms with Gasteiger partial charge in [-0.15, -0.1) is 0 Å². The van der Waals surface area contributed by atoms with Crippen molar-refractivity contribution in [3.05, 3.63) is 12.2 Å². The first-order valence-electron chi connectivity index (χ1n) is 14.0. The van der Waals surface area contributed by atoms with Crippen molar-refractivity contribution in [2.75, 3.05) is 19.8 Å². The molecule has 0 spiro atoms. The van der Waals surface area contributed by atoms with E-state index in [1.165, 1.54) is 6.92 Å². The summed E-state index contributed by atoms with van der Waals surface area (Å²) in [5.74, 6) is -6.77. The number of carbonyl (C=O) groups excluding carboxylic acids is 6. The fourth-order valence-corrected chi connectivity index (χ4v) is 2.11. The summed E-state index contributed by atoms with van der Waals surface area (Å²) < 4.78 is 13.1. The van der Waals surface area contributed by atoms with E-state index in [9.17, 15) is 53.4 Å². The minimum absolute atomic E-state index is 0.0516. The molecule has 0 aliphatic rings. The Morgan fingerprint density at radius 2 is 1.14 bits per heavy atom. The maximum Gasteiger partial charge on any atom is 0.331 e. The summed E-state index contributed by atoms with van der Waals surface area (Å²) in [5.41, 5.74) is 9.87. The van der Waals surface area contributed by atoms with E-state index in [0.717, 1.165) is 0 Å². The number of nitrogens with two attached hydrogens (primary N) is 2. The molecule has 0 aromatic heterocycles. The number of hydrogen-bond acceptors (Lipinski definition) is 20. The fraction of sp³-hybridized carbons (Fsp3) is 0.593. The third kappa shape index (κ3) is 30.6. The largest absolute Gasteiger partial charge is 0.481 e. The molecule has 0 saturated carbocycles. The normalized spacial score (nSPS) is 14.3. The number of esters is 4. The lowest BCUT2D eigenvalue weighted by molar-refractivity contribution is -0.164. The topological polar surface area (TPSA) is 415 Å². The van der Waals surface area contributed by atoms with Crippen molar-refractivity contribution in [1.29, 1.82) is 0 Å². The zero-order valence-corrected chi connectivity index (χ0v) is 26.9. The predicted octanol–water partition coefficient (Wildman–Crippen LogP) is -5.64. The Morgan fingerprint density at radius 1 is 0.700 bits per heavy atom. The van der Waals surface area contributed by atoms with E-state index in [-0.39, 0.29) is 32.0 Å². The standard InChI is InChI=1S/C9H14O8.C9H12O8.C6H11NO3.C3H7NO2/c2*10-3-5(12)9(16)6(4-11)17-8(15)2-1-7(13)14;1-2-5(8)10-6(9)3-4-7;1-2(4)3(5)6/h4-6,9-10,12,16H,1-3H2,(H,13,14);1-2,4-6,9-10,12,16H,3H2,(H,13,14);2-4,7H2,1H3;2H,4H2,1H3,(H,5,6)/b;2-1+;;/t2*5-,6-,9-;;2-/m11.1/s1. The van der Waals surface area contributed by atoms with Crippen LogP contribution in [-0.4, -0.2) is 163 Å². The monoisotopic (exact) mass is 732 g/mol. The molecule has 0 amide bonds. The summed E-state index contributed by atoms with van der Waals surface area (Å²) in [6, 6.07) is -0.731. The molecule has 7 atom stereocenters. The van der Waals surface area contributed by atoms with E-state index in [2.05, 4.69) is 14.2 Å². The molecule has 0 radical (unpaired) electrons. The van der Waals surface area contributed by atoms with Crippen LogP contribution in [0, 0.1) is 0 Å². The summed E-state index contributed by atoms with van der Waals surface area (Å²) in [5, 5.41) is 77.9. The third-order valence-electron chi connectivity index (χ3n) is 4.78. The van der Waals surface area contributed by atoms with Gasteiger partial charge in [-0.3, -0.25) is 33.6 Å². The molecule has 0 aromatic carbocycles. The van der Waals surface area contributed by atoms with Crippen molar-refractivity contribution in [3.8, 4) is 0 Å². The van der Waals surface area contributed by atoms with Gasteiger partial charge < -0.3 is 71.6 Å². The average molecular weight is 733 g/mol. The number of aliphatic hydroxyl groups is 6. The quantitative estimate of drug-likeness (QED) is 0.0194. The van der Waals surface area contributed by atoms with Crippen LogP contribution >= 0.6 is 0 Å². The van der Waals surface area contributed by atoms with Crippen molar-refractivity contribution >= 4 is 54.4 Å². The highest BCUT2D eigenvalue weighted by molar-refractivity contribution is 5.91. The molecular weight excluding hydrogens is 688 g/mol. The molecule has 0 aliphatic carbocycles. The van der Waals surface area contributed by atoms with Gasteiger partial charge in [0.2, 0.25) is 0 Å². The Morgan fingerprint density at radius 3 is 1.46 bits per heavy atom. The van der Waals surface area contributed by atoms with Crippen LogP contribution in [0.2, 0.25) is 0 Å². The maximum absolute atomic E-state index is 11.0. The van der Waals surface area contributed by atoms with Crippen molar-refractivity contribution in [2.45, 2.75) is 82.2 Å². The Kier molecular flexibility index (Phi) is 32.8. The van der Waals surface area contributed by atoms with Gasteiger partial charge in [0.25, 0.3) is 0 Å². The highest BCUT2D eigenvalue weighted by Gasteiger charge is 2.29. The Labute approximate surface area is 283 Å². The van der Waals surface area contributed by atoms with Gasteiger partial charge in [0.15, 0.2) is 24.8 Å². The number of rotatable bonds is 19. The van der Waals surface area contributed by atoms with Crippen LogP contribution in [0.1, 0.15) is 39.5 Å². The molecular formula is C27H44N2O21. The van der Waals surface area contributed by atoms with Crippen LogP contribution in [0.25, 0.3) is 0 Å². The molecule has 0 heterocycles. The number of carbonyl (C=O) groups is 9. The zero-order valence-electron chi connectivity index (χ0n) is 26.9. The van der Waals surface area contributed by atoms with Crippen LogP contribution in [0.5, 0.6) is 0 Å². The van der Waals surface area contributed by atoms with E-state index in [0.29, 0.717) is 12.2 Å². The lowest BCUT2D eigenvalue weighted by atomic mass is 10.1. The number of ether oxygens (including phenoxy) is 3. The van der Waals surface area contributed by atoms with Crippen molar-refractivity contribution in [1.82, 2.24) is 0 Å². The second-order valence-corrected chi connectivity index (χ2v) is 9.04. The smallest absolute Gasteiger partial charge is 0.331 e. The first-order valence-corrected chi connectivity index (χ1v) is 14.0. The lowest BCUT2D eigenvalue weighted by Crippen LogP contribution is -2.43. The van der Waals surface area contributed by atoms with Crippen LogP contribution in [0.3, 0.4) is 0 Å². The van der Waals surface area contributed by atoms with Crippen LogP contribution in [0.4, 0.5) is 0 Å². The highest BCUT2D eigenvalue weighted by atomic mass is 16.6. The van der Waals surface area contributed by atoms with E-state index >= 15 is 0 Å². The molecule has 50 heavy (non-hydrogen) atoms. The lowest BCUT2D eigenvalue weighted by Gasteiger charge is -2.21. The Hall–Kier alpha value is -4.75. The summed E-state index contributed by atoms with van der Waals surface area (Å²) in [6.07, 6.45) is -9.60. The van der Waals surface area contributed by atoms with Gasteiger partial charge in [0.1, 0.15) is 30.5 Å². The van der Waals surface area contributed by atoms with Gasteiger partial charge in [-0.05, 0) is 6.92 Å². The van der Waals surface area contributed by atoms with Crippen molar-refractivity contribution in [3.63, 3.8) is 0 Å². The number of carboxylic acid groups (broad SMARTS) is 3. The molecule has 0 unspecified atom stereocenters. The molecule has 0 aromatic rings. The Bertz CT molecular complexity index is 1100. The molecule has 0 saturated heterocycles. The molecule has 0 rings (SSSR count). The van der Waals surface area contributed by atoms with Gasteiger partial charge in [0.05, 0.1) is 32.5 Å². The zero-order chi connectivity index (χ0) is 40.0. The molecule has 23 heteroatoms. The average Bonchev–Trinajstić information content (AvgIpc) is 3.06. The van der Waals surface area contributed by atoms with Gasteiger partial charge in [-0.1, -0.05) is 6.92 Å². The van der Waals surface area contributed by atoms with Crippen LogP contribution in [-0.2, 0) is 57.4 Å². The van der Waals surface area contributed by atoms with Crippen molar-refractivity contribution < 1.29 is 103 Å². The molecule has 0 fully saturated rings. The molecule has 0 aliphatic heterocycles. The number of aliphatic hydroxyl groups excluding tert-OH is 6. The van der Waals surface area contributed by atoms with Gasteiger partial charge in [-0.2, -0.15) is 0 Å². The second-order valence-electron chi connectivity index (χ2n) is 9.04. The fourth-order valence-electron chi connectivity index (χ4n) is 2.11. The van der Waals surface area contributed by atoms with Gasteiger partial charge >= 0.3 is 41.8 Å². The highest BCUT2D eigenvalue weighted by Crippen LogP contribution is 2.06. The molecule has 0 bridgehead atoms. The Balaban J connectivity index is -0.000000301. The molecule has 13 N–H and O–H groups in total. The predicted molar refractivity (Wildman–Crippen MR) is 160 cm³/mol. The van der Waals surface area contributed by atoms with Crippen LogP contribution < -0.4 is 11.5 Å². The summed E-state index contributed by atoms with van der Waals surface area (Å²) in [6.45, 7) is 1.63. The number of aliphatic carboxylic acids is 3. The number of aldehydes is 2. The number of carboxylic acids is 3. The third-order valence-corrected chi connectivity index (χ3v) is 4.78. The first-order chi connectivity index (χ1) is 23.2. The van der Waals surface area contributed by atoms with E-state index in [1.807, 2.05) is 0 Å². The van der Waals surface area contributed by atoms with E-state index in [4.69, 9.17) is 47.2 Å². The SMILES string of the molecule is CCC(=O)OC(=O)CCN.C[C@@H](N)C(=O)O.O=C[C@@H](OC(=O)/C=C/C(=O)O)[C@H](O)[C@H](O)CO.O=C[C@@H](OC(=O)CCC(=O)O)[C@H](O)[C@H](O)CO. The summed E-state index contributed by atoms with van der Waals surface area (Å²) >= 11 is 0. The van der Waals surface area contributed by atoms with Gasteiger partial charge in [-0.25, -0.2) is 9.59 Å². The maximum atomic E-state index is 11.0. The minimum atomic E-state index is -1.79. The van der Waals surface area contributed by atoms with Gasteiger partial charge in [0, 0.05) is 25.1 Å². The molecule has 288 valence electrons. The van der Waals surface area contributed by atoms with E-state index < -0.39 is 111 Å².